The molecule has 0 saturated heterocycles. The number of aliphatic hydroxyl groups excluding tert-OH is 5. The van der Waals surface area contributed by atoms with Crippen molar-refractivity contribution in [2.75, 3.05) is 81.3 Å². The van der Waals surface area contributed by atoms with E-state index in [-0.39, 0.29) is 111 Å². The minimum atomic E-state index is -0.647. The lowest BCUT2D eigenvalue weighted by atomic mass is 9.74. The van der Waals surface area contributed by atoms with Crippen molar-refractivity contribution in [2.24, 2.45) is 16.2 Å². The highest BCUT2D eigenvalue weighted by Crippen LogP contribution is 2.36. The smallest absolute Gasteiger partial charge is 0.306 e. The normalized spacial score (nSPS) is 15.4. The minimum absolute atomic E-state index is 0.0391. The highest BCUT2D eigenvalue weighted by atomic mass is 16.7. The first-order chi connectivity index (χ1) is 30.3. The standard InChI is InChI=1S/C17H34O5.C13H26O5.C9H18O5.C7H16O4/c1-8-13(10-18)22-15(20-7)11-21-14(19)9-17(5,6)12-16(2,3)4;1-6-10(8-14)18-12(16-5)9-17-11(15)7-13(2,3)4;1-4-8(5-10)14-9(12-3)6-13-7(2)11;1-3-6(4-8)11-7(5-9)10-2/h13,15,18H,8-12H2,1-7H3;10,12,14H,6-9H2,1-5H3;8-10H,4-6H2,1-3H3;6-9H,3-5H2,1-2H3. The highest BCUT2D eigenvalue weighted by Gasteiger charge is 2.29. The van der Waals surface area contributed by atoms with Crippen LogP contribution in [0.1, 0.15) is 135 Å². The van der Waals surface area contributed by atoms with Crippen LogP contribution >= 0.6 is 0 Å². The zero-order chi connectivity index (χ0) is 51.2. The second-order valence-electron chi connectivity index (χ2n) is 18.2. The molecule has 392 valence electrons. The Morgan fingerprint density at radius 1 is 0.431 bits per heavy atom. The fourth-order valence-corrected chi connectivity index (χ4v) is 5.53. The van der Waals surface area contributed by atoms with Gasteiger partial charge in [-0.15, -0.1) is 0 Å². The van der Waals surface area contributed by atoms with Gasteiger partial charge >= 0.3 is 17.9 Å². The lowest BCUT2D eigenvalue weighted by Crippen LogP contribution is -2.32. The van der Waals surface area contributed by atoms with E-state index >= 15 is 0 Å². The third-order valence-corrected chi connectivity index (χ3v) is 8.70. The van der Waals surface area contributed by atoms with E-state index in [4.69, 9.17) is 77.6 Å². The molecule has 0 radical (unpaired) electrons. The molecule has 5 N–H and O–H groups in total. The van der Waals surface area contributed by atoms with E-state index in [1.54, 1.807) is 0 Å². The summed E-state index contributed by atoms with van der Waals surface area (Å²) in [4.78, 5) is 34.0. The van der Waals surface area contributed by atoms with E-state index in [0.717, 1.165) is 6.42 Å². The van der Waals surface area contributed by atoms with Crippen LogP contribution < -0.4 is 0 Å². The minimum Gasteiger partial charge on any atom is -0.460 e. The fraction of sp³-hybridized carbons (Fsp3) is 0.935. The summed E-state index contributed by atoms with van der Waals surface area (Å²) in [5.74, 6) is -0.908. The van der Waals surface area contributed by atoms with Gasteiger partial charge in [0.25, 0.3) is 0 Å². The van der Waals surface area contributed by atoms with Crippen LogP contribution in [-0.2, 0) is 66.5 Å². The molecular formula is C46H94O19. The molecule has 0 rings (SSSR count). The van der Waals surface area contributed by atoms with Crippen molar-refractivity contribution in [3.8, 4) is 0 Å². The maximum absolute atomic E-state index is 12.0. The summed E-state index contributed by atoms with van der Waals surface area (Å²) in [5.41, 5.74) is -0.0508. The fourth-order valence-electron chi connectivity index (χ4n) is 5.53. The van der Waals surface area contributed by atoms with Crippen molar-refractivity contribution < 1.29 is 92.0 Å². The molecule has 0 spiro atoms. The first-order valence-electron chi connectivity index (χ1n) is 22.5. The molecule has 0 aromatic heterocycles. The molecule has 19 nitrogen and oxygen atoms in total. The SMILES string of the molecule is CCC(CO)OC(CO)OC.CCC(CO)OC(COC(=O)CC(C)(C)C)OC.CCC(CO)OC(COC(=O)CC(C)(C)CC(C)(C)C)OC.CCC(CO)OC(COC(C)=O)OC. The van der Waals surface area contributed by atoms with Crippen LogP contribution in [0.15, 0.2) is 0 Å². The van der Waals surface area contributed by atoms with Gasteiger partial charge in [-0.2, -0.15) is 0 Å². The van der Waals surface area contributed by atoms with Gasteiger partial charge in [0, 0.05) is 35.4 Å². The van der Waals surface area contributed by atoms with E-state index < -0.39 is 25.2 Å². The molecule has 0 bridgehead atoms. The van der Waals surface area contributed by atoms with Gasteiger partial charge in [-0.25, -0.2) is 0 Å². The maximum atomic E-state index is 12.0. The lowest BCUT2D eigenvalue weighted by molar-refractivity contribution is -0.195. The number of carbonyl (C=O) groups is 3. The van der Waals surface area contributed by atoms with E-state index in [1.165, 1.54) is 35.4 Å². The van der Waals surface area contributed by atoms with Crippen LogP contribution in [0.4, 0.5) is 0 Å². The number of ether oxygens (including phenoxy) is 11. The Bertz CT molecular complexity index is 1100. The van der Waals surface area contributed by atoms with Gasteiger partial charge in [-0.05, 0) is 48.3 Å². The number of carbonyl (C=O) groups excluding carboxylic acids is 3. The monoisotopic (exact) mass is 951 g/mol. The Morgan fingerprint density at radius 3 is 0.954 bits per heavy atom. The molecule has 19 heteroatoms. The molecular weight excluding hydrogens is 856 g/mol. The van der Waals surface area contributed by atoms with Gasteiger partial charge in [0.1, 0.15) is 19.8 Å². The molecule has 0 aliphatic carbocycles. The van der Waals surface area contributed by atoms with Gasteiger partial charge in [0.2, 0.25) is 0 Å². The van der Waals surface area contributed by atoms with E-state index in [9.17, 15) is 14.4 Å². The van der Waals surface area contributed by atoms with Crippen molar-refractivity contribution in [3.05, 3.63) is 0 Å². The zero-order valence-electron chi connectivity index (χ0n) is 43.2. The average molecular weight is 951 g/mol. The Balaban J connectivity index is -0.000000393. The van der Waals surface area contributed by atoms with Crippen molar-refractivity contribution in [3.63, 3.8) is 0 Å². The van der Waals surface area contributed by atoms with Crippen molar-refractivity contribution in [1.29, 1.82) is 0 Å². The third-order valence-electron chi connectivity index (χ3n) is 8.70. The van der Waals surface area contributed by atoms with Crippen molar-refractivity contribution in [1.82, 2.24) is 0 Å². The molecule has 65 heavy (non-hydrogen) atoms. The number of methoxy groups -OCH3 is 4. The van der Waals surface area contributed by atoms with Crippen LogP contribution in [0.2, 0.25) is 0 Å². The van der Waals surface area contributed by atoms with E-state index in [0.29, 0.717) is 38.5 Å². The first-order valence-corrected chi connectivity index (χ1v) is 22.5. The number of rotatable bonds is 31. The van der Waals surface area contributed by atoms with Crippen LogP contribution in [-0.4, -0.2) is 174 Å². The number of hydrogen-bond acceptors (Lipinski definition) is 19. The predicted octanol–water partition coefficient (Wildman–Crippen LogP) is 4.92. The molecule has 8 atom stereocenters. The van der Waals surface area contributed by atoms with Crippen LogP contribution in [0.25, 0.3) is 0 Å². The van der Waals surface area contributed by atoms with E-state index in [1.807, 2.05) is 48.5 Å². The maximum Gasteiger partial charge on any atom is 0.306 e. The summed E-state index contributed by atoms with van der Waals surface area (Å²) >= 11 is 0. The second kappa shape index (κ2) is 40.9. The predicted molar refractivity (Wildman–Crippen MR) is 244 cm³/mol. The molecule has 0 aromatic carbocycles. The summed E-state index contributed by atoms with van der Waals surface area (Å²) in [6.45, 7) is 25.1. The van der Waals surface area contributed by atoms with Crippen LogP contribution in [0.3, 0.4) is 0 Å². The molecule has 0 fully saturated rings. The Labute approximate surface area is 391 Å². The summed E-state index contributed by atoms with van der Waals surface area (Å²) in [6, 6.07) is 0. The highest BCUT2D eigenvalue weighted by molar-refractivity contribution is 5.70. The van der Waals surface area contributed by atoms with Crippen LogP contribution in [0, 0.1) is 16.2 Å². The number of aliphatic hydroxyl groups is 5. The Hall–Kier alpha value is -2.11. The Morgan fingerprint density at radius 2 is 0.723 bits per heavy atom. The van der Waals surface area contributed by atoms with Crippen LogP contribution in [0.5, 0.6) is 0 Å². The second-order valence-corrected chi connectivity index (χ2v) is 18.2. The quantitative estimate of drug-likeness (QED) is 0.0351. The van der Waals surface area contributed by atoms with E-state index in [2.05, 4.69) is 34.6 Å². The molecule has 0 heterocycles. The summed E-state index contributed by atoms with van der Waals surface area (Å²) < 4.78 is 56.3. The topological polar surface area (TPSA) is 254 Å². The Kier molecular flexibility index (Phi) is 43.7. The molecule has 8 unspecified atom stereocenters. The average Bonchev–Trinajstić information content (AvgIpc) is 3.23. The molecule has 0 saturated carbocycles. The summed E-state index contributed by atoms with van der Waals surface area (Å²) in [6.07, 6.45) is 0.725. The van der Waals surface area contributed by atoms with Gasteiger partial charge in [0.05, 0.1) is 70.3 Å². The van der Waals surface area contributed by atoms with Gasteiger partial charge in [-0.3, -0.25) is 14.4 Å². The zero-order valence-corrected chi connectivity index (χ0v) is 43.2. The molecule has 0 aromatic rings. The number of hydrogen-bond donors (Lipinski definition) is 5. The third kappa shape index (κ3) is 44.2. The van der Waals surface area contributed by atoms with Crippen molar-refractivity contribution >= 4 is 17.9 Å². The van der Waals surface area contributed by atoms with Gasteiger partial charge < -0.3 is 77.6 Å². The van der Waals surface area contributed by atoms with Gasteiger partial charge in [-0.1, -0.05) is 83.1 Å². The molecule has 0 amide bonds. The molecule has 0 aliphatic heterocycles. The lowest BCUT2D eigenvalue weighted by Gasteiger charge is -2.31. The summed E-state index contributed by atoms with van der Waals surface area (Å²) in [7, 11) is 5.88. The largest absolute Gasteiger partial charge is 0.460 e. The number of esters is 3. The van der Waals surface area contributed by atoms with Crippen molar-refractivity contribution in [2.45, 2.75) is 185 Å². The molecule has 0 aliphatic rings. The first kappa shape index (κ1) is 69.5. The summed E-state index contributed by atoms with van der Waals surface area (Å²) in [5, 5.41) is 44.3. The van der Waals surface area contributed by atoms with Gasteiger partial charge in [0.15, 0.2) is 25.2 Å².